The van der Waals surface area contributed by atoms with E-state index in [0.717, 1.165) is 13.0 Å². The van der Waals surface area contributed by atoms with E-state index in [0.29, 0.717) is 12.5 Å². The number of nitrogens with two attached hydrogens (primary N) is 1. The first-order valence-electron chi connectivity index (χ1n) is 4.95. The number of hydrogen-bond acceptors (Lipinski definition) is 2. The van der Waals surface area contributed by atoms with Crippen molar-refractivity contribution >= 4 is 0 Å². The van der Waals surface area contributed by atoms with Gasteiger partial charge >= 0.3 is 0 Å². The third-order valence-corrected chi connectivity index (χ3v) is 2.20. The van der Waals surface area contributed by atoms with Crippen LogP contribution in [0.15, 0.2) is 6.20 Å². The Morgan fingerprint density at radius 3 is 2.69 bits per heavy atom. The highest BCUT2D eigenvalue weighted by atomic mass is 15.1. The highest BCUT2D eigenvalue weighted by molar-refractivity contribution is 5.08. The first-order chi connectivity index (χ1) is 6.20. The van der Waals surface area contributed by atoms with Crippen LogP contribution in [-0.4, -0.2) is 16.1 Å². The Balaban J connectivity index is 2.96. The lowest BCUT2D eigenvalue weighted by atomic mass is 10.2. The molecule has 0 aliphatic heterocycles. The fourth-order valence-electron chi connectivity index (χ4n) is 1.60. The lowest BCUT2D eigenvalue weighted by Crippen LogP contribution is -2.11. The van der Waals surface area contributed by atoms with Crippen molar-refractivity contribution in [3.05, 3.63) is 17.7 Å². The molecule has 0 aliphatic carbocycles. The highest BCUT2D eigenvalue weighted by Gasteiger charge is 2.10. The fraction of sp³-hybridized carbons (Fsp3) is 0.700. The molecule has 0 bridgehead atoms. The predicted molar refractivity (Wildman–Crippen MR) is 54.7 cm³/mol. The molecule has 0 atom stereocenters. The van der Waals surface area contributed by atoms with Crippen molar-refractivity contribution in [3.8, 4) is 0 Å². The number of hydrogen-bond donors (Lipinski definition) is 1. The van der Waals surface area contributed by atoms with E-state index in [2.05, 4.69) is 30.3 Å². The van der Waals surface area contributed by atoms with Gasteiger partial charge in [0.15, 0.2) is 0 Å². The molecule has 0 spiro atoms. The lowest BCUT2D eigenvalue weighted by Gasteiger charge is -2.10. The zero-order valence-electron chi connectivity index (χ0n) is 8.75. The molecule has 1 rings (SSSR count). The van der Waals surface area contributed by atoms with Crippen molar-refractivity contribution in [1.29, 1.82) is 0 Å². The predicted octanol–water partition coefficient (Wildman–Crippen LogP) is 1.53. The lowest BCUT2D eigenvalue weighted by molar-refractivity contribution is 0.626. The summed E-state index contributed by atoms with van der Waals surface area (Å²) < 4.78 is 2.26. The molecule has 2 N–H and O–H groups in total. The molecule has 74 valence electrons. The van der Waals surface area contributed by atoms with Gasteiger partial charge in [0.1, 0.15) is 5.82 Å². The van der Waals surface area contributed by atoms with E-state index in [1.807, 2.05) is 6.20 Å². The van der Waals surface area contributed by atoms with Gasteiger partial charge in [-0.25, -0.2) is 4.98 Å². The van der Waals surface area contributed by atoms with Crippen LogP contribution in [0.5, 0.6) is 0 Å². The van der Waals surface area contributed by atoms with Gasteiger partial charge in [0.2, 0.25) is 0 Å². The van der Waals surface area contributed by atoms with Crippen LogP contribution in [0.1, 0.15) is 38.2 Å². The van der Waals surface area contributed by atoms with Gasteiger partial charge in [0.25, 0.3) is 0 Å². The van der Waals surface area contributed by atoms with Crippen molar-refractivity contribution in [3.63, 3.8) is 0 Å². The largest absolute Gasteiger partial charge is 0.332 e. The first kappa shape index (κ1) is 10.3. The van der Waals surface area contributed by atoms with Crippen molar-refractivity contribution in [1.82, 2.24) is 9.55 Å². The molecule has 13 heavy (non-hydrogen) atoms. The van der Waals surface area contributed by atoms with Gasteiger partial charge in [-0.05, 0) is 13.5 Å². The summed E-state index contributed by atoms with van der Waals surface area (Å²) in [6, 6.07) is 0. The van der Waals surface area contributed by atoms with Gasteiger partial charge in [-0.2, -0.15) is 0 Å². The van der Waals surface area contributed by atoms with Crippen LogP contribution in [0.4, 0.5) is 0 Å². The smallest absolute Gasteiger partial charge is 0.111 e. The Kier molecular flexibility index (Phi) is 3.48. The third kappa shape index (κ3) is 2.10. The summed E-state index contributed by atoms with van der Waals surface area (Å²) in [5.74, 6) is 1.66. The fourth-order valence-corrected chi connectivity index (χ4v) is 1.60. The van der Waals surface area contributed by atoms with Crippen LogP contribution >= 0.6 is 0 Å². The summed E-state index contributed by atoms with van der Waals surface area (Å²) in [6.45, 7) is 8.17. The molecule has 1 aromatic heterocycles. The van der Waals surface area contributed by atoms with Crippen LogP contribution < -0.4 is 5.73 Å². The molecule has 3 nitrogen and oxygen atoms in total. The molecule has 0 radical (unpaired) electrons. The third-order valence-electron chi connectivity index (χ3n) is 2.20. The molecular formula is C10H19N3. The molecule has 1 aromatic rings. The Morgan fingerprint density at radius 1 is 1.54 bits per heavy atom. The summed E-state index contributed by atoms with van der Waals surface area (Å²) in [5.41, 5.74) is 6.79. The first-order valence-corrected chi connectivity index (χ1v) is 4.95. The Bertz CT molecular complexity index is 263. The zero-order chi connectivity index (χ0) is 9.84. The summed E-state index contributed by atoms with van der Waals surface area (Å²) in [5, 5.41) is 0. The topological polar surface area (TPSA) is 43.8 Å². The molecular weight excluding hydrogens is 162 g/mol. The van der Waals surface area contributed by atoms with E-state index in [1.165, 1.54) is 11.5 Å². The van der Waals surface area contributed by atoms with E-state index in [4.69, 9.17) is 5.73 Å². The summed E-state index contributed by atoms with van der Waals surface area (Å²) in [6.07, 6.45) is 2.87. The average Bonchev–Trinajstić information content (AvgIpc) is 2.48. The Hall–Kier alpha value is -0.830. The minimum absolute atomic E-state index is 0.492. The maximum atomic E-state index is 5.53. The molecule has 0 aromatic carbocycles. The second-order valence-electron chi connectivity index (χ2n) is 3.55. The van der Waals surface area contributed by atoms with Crippen LogP contribution in [0, 0.1) is 0 Å². The maximum Gasteiger partial charge on any atom is 0.111 e. The summed E-state index contributed by atoms with van der Waals surface area (Å²) in [4.78, 5) is 4.41. The highest BCUT2D eigenvalue weighted by Crippen LogP contribution is 2.15. The molecule has 0 amide bonds. The molecule has 0 saturated carbocycles. The van der Waals surface area contributed by atoms with Gasteiger partial charge in [0, 0.05) is 30.8 Å². The minimum Gasteiger partial charge on any atom is -0.332 e. The number of rotatable bonds is 4. The van der Waals surface area contributed by atoms with E-state index >= 15 is 0 Å². The second kappa shape index (κ2) is 4.42. The van der Waals surface area contributed by atoms with E-state index < -0.39 is 0 Å². The number of imidazole rings is 1. The van der Waals surface area contributed by atoms with Crippen LogP contribution in [0.25, 0.3) is 0 Å². The van der Waals surface area contributed by atoms with E-state index in [1.54, 1.807) is 0 Å². The van der Waals surface area contributed by atoms with Gasteiger partial charge in [-0.3, -0.25) is 0 Å². The Labute approximate surface area is 80.0 Å². The van der Waals surface area contributed by atoms with E-state index in [9.17, 15) is 0 Å². The quantitative estimate of drug-likeness (QED) is 0.765. The number of nitrogens with zero attached hydrogens (tertiary/aromatic N) is 2. The maximum absolute atomic E-state index is 5.53. The van der Waals surface area contributed by atoms with Crippen LogP contribution in [0.3, 0.4) is 0 Å². The van der Waals surface area contributed by atoms with Gasteiger partial charge in [-0.15, -0.1) is 0 Å². The molecule has 0 aliphatic rings. The SMILES string of the molecule is CCn1c(CCN)cnc1C(C)C. The second-order valence-corrected chi connectivity index (χ2v) is 3.55. The van der Waals surface area contributed by atoms with Gasteiger partial charge < -0.3 is 10.3 Å². The van der Waals surface area contributed by atoms with Crippen LogP contribution in [-0.2, 0) is 13.0 Å². The normalized spacial score (nSPS) is 11.2. The standard InChI is InChI=1S/C10H19N3/c1-4-13-9(5-6-11)7-12-10(13)8(2)3/h7-8H,4-6,11H2,1-3H3. The van der Waals surface area contributed by atoms with Crippen molar-refractivity contribution in [2.45, 2.75) is 39.7 Å². The van der Waals surface area contributed by atoms with E-state index in [-0.39, 0.29) is 0 Å². The Morgan fingerprint density at radius 2 is 2.23 bits per heavy atom. The summed E-state index contributed by atoms with van der Waals surface area (Å²) >= 11 is 0. The van der Waals surface area contributed by atoms with Crippen molar-refractivity contribution in [2.24, 2.45) is 5.73 Å². The van der Waals surface area contributed by atoms with Crippen molar-refractivity contribution in [2.75, 3.05) is 6.54 Å². The minimum atomic E-state index is 0.492. The zero-order valence-corrected chi connectivity index (χ0v) is 8.75. The molecule has 0 unspecified atom stereocenters. The molecule has 0 fully saturated rings. The van der Waals surface area contributed by atoms with Crippen molar-refractivity contribution < 1.29 is 0 Å². The van der Waals surface area contributed by atoms with Gasteiger partial charge in [-0.1, -0.05) is 13.8 Å². The summed E-state index contributed by atoms with van der Waals surface area (Å²) in [7, 11) is 0. The monoisotopic (exact) mass is 181 g/mol. The van der Waals surface area contributed by atoms with Gasteiger partial charge in [0.05, 0.1) is 0 Å². The molecule has 1 heterocycles. The van der Waals surface area contributed by atoms with Crippen LogP contribution in [0.2, 0.25) is 0 Å². The number of aromatic nitrogens is 2. The molecule has 3 heteroatoms. The average molecular weight is 181 g/mol. The molecule has 0 saturated heterocycles.